The molecule has 30 heavy (non-hydrogen) atoms. The van der Waals surface area contributed by atoms with Crippen molar-refractivity contribution in [3.8, 4) is 11.5 Å². The summed E-state index contributed by atoms with van der Waals surface area (Å²) in [5.41, 5.74) is 2.90. The summed E-state index contributed by atoms with van der Waals surface area (Å²) in [5, 5.41) is 6.06. The highest BCUT2D eigenvalue weighted by molar-refractivity contribution is 5.92. The van der Waals surface area contributed by atoms with Crippen LogP contribution in [0.15, 0.2) is 78.9 Å². The summed E-state index contributed by atoms with van der Waals surface area (Å²) in [7, 11) is 0. The van der Waals surface area contributed by atoms with Gasteiger partial charge in [-0.3, -0.25) is 4.79 Å². The molecule has 5 heteroatoms. The molecule has 0 heterocycles. The van der Waals surface area contributed by atoms with Crippen LogP contribution in [-0.4, -0.2) is 18.6 Å². The zero-order chi connectivity index (χ0) is 21.2. The van der Waals surface area contributed by atoms with Crippen molar-refractivity contribution in [3.05, 3.63) is 90.0 Å². The molecule has 3 aromatic carbocycles. The van der Waals surface area contributed by atoms with Crippen molar-refractivity contribution in [2.24, 2.45) is 0 Å². The average Bonchev–Trinajstić information content (AvgIpc) is 2.74. The minimum atomic E-state index is -0.102. The number of carbonyl (C=O) groups excluding carboxylic acids is 1. The lowest BCUT2D eigenvalue weighted by Gasteiger charge is -2.11. The molecular formula is C25H28N2O3. The standard InChI is InChI=1S/C25H28N2O3/c1-19(2)30-23-13-11-20(12-14-23)16-26-17-25(28)27-22-9-6-10-24(15-22)29-18-21-7-4-3-5-8-21/h3-15,19,26H,16-18H2,1-2H3,(H,27,28). The Labute approximate surface area is 178 Å². The molecule has 5 nitrogen and oxygen atoms in total. The number of amides is 1. The molecule has 3 rings (SSSR count). The first kappa shape index (κ1) is 21.4. The topological polar surface area (TPSA) is 59.6 Å². The third kappa shape index (κ3) is 7.26. The number of hydrogen-bond acceptors (Lipinski definition) is 4. The van der Waals surface area contributed by atoms with Gasteiger partial charge in [0.05, 0.1) is 12.6 Å². The van der Waals surface area contributed by atoms with Crippen LogP contribution >= 0.6 is 0 Å². The fraction of sp³-hybridized carbons (Fsp3) is 0.240. The first-order valence-electron chi connectivity index (χ1n) is 10.1. The number of hydrogen-bond donors (Lipinski definition) is 2. The minimum Gasteiger partial charge on any atom is -0.491 e. The second kappa shape index (κ2) is 11.0. The predicted molar refractivity (Wildman–Crippen MR) is 120 cm³/mol. The second-order valence-corrected chi connectivity index (χ2v) is 7.26. The zero-order valence-electron chi connectivity index (χ0n) is 17.4. The van der Waals surface area contributed by atoms with E-state index in [4.69, 9.17) is 9.47 Å². The fourth-order valence-corrected chi connectivity index (χ4v) is 2.89. The molecule has 2 N–H and O–H groups in total. The summed E-state index contributed by atoms with van der Waals surface area (Å²) < 4.78 is 11.4. The summed E-state index contributed by atoms with van der Waals surface area (Å²) in [4.78, 5) is 12.2. The van der Waals surface area contributed by atoms with Crippen LogP contribution in [0.2, 0.25) is 0 Å². The number of rotatable bonds is 10. The molecule has 0 bridgehead atoms. The molecule has 0 fully saturated rings. The quantitative estimate of drug-likeness (QED) is 0.510. The van der Waals surface area contributed by atoms with E-state index < -0.39 is 0 Å². The largest absolute Gasteiger partial charge is 0.491 e. The van der Waals surface area contributed by atoms with Crippen LogP contribution in [-0.2, 0) is 17.9 Å². The van der Waals surface area contributed by atoms with Crippen molar-refractivity contribution < 1.29 is 14.3 Å². The van der Waals surface area contributed by atoms with Gasteiger partial charge in [0.15, 0.2) is 0 Å². The number of nitrogens with one attached hydrogen (secondary N) is 2. The van der Waals surface area contributed by atoms with Gasteiger partial charge in [-0.05, 0) is 49.2 Å². The van der Waals surface area contributed by atoms with Crippen LogP contribution in [0.1, 0.15) is 25.0 Å². The van der Waals surface area contributed by atoms with Crippen LogP contribution in [0.25, 0.3) is 0 Å². The molecule has 0 radical (unpaired) electrons. The summed E-state index contributed by atoms with van der Waals surface area (Å²) in [6, 6.07) is 25.3. The third-order valence-corrected chi connectivity index (χ3v) is 4.28. The molecule has 156 valence electrons. The van der Waals surface area contributed by atoms with Crippen molar-refractivity contribution in [2.75, 3.05) is 11.9 Å². The van der Waals surface area contributed by atoms with E-state index in [1.165, 1.54) is 0 Å². The van der Waals surface area contributed by atoms with E-state index >= 15 is 0 Å². The van der Waals surface area contributed by atoms with Crippen molar-refractivity contribution in [3.63, 3.8) is 0 Å². The molecule has 0 unspecified atom stereocenters. The lowest BCUT2D eigenvalue weighted by Crippen LogP contribution is -2.27. The maximum atomic E-state index is 12.2. The van der Waals surface area contributed by atoms with Gasteiger partial charge >= 0.3 is 0 Å². The number of carbonyl (C=O) groups is 1. The maximum absolute atomic E-state index is 12.2. The molecule has 0 saturated heterocycles. The average molecular weight is 405 g/mol. The van der Waals surface area contributed by atoms with E-state index in [0.29, 0.717) is 24.6 Å². The molecule has 0 aliphatic rings. The third-order valence-electron chi connectivity index (χ3n) is 4.28. The molecule has 0 spiro atoms. The number of ether oxygens (including phenoxy) is 2. The van der Waals surface area contributed by atoms with Crippen LogP contribution in [0.4, 0.5) is 5.69 Å². The Hall–Kier alpha value is -3.31. The molecule has 0 aromatic heterocycles. The fourth-order valence-electron chi connectivity index (χ4n) is 2.89. The van der Waals surface area contributed by atoms with Crippen molar-refractivity contribution in [1.29, 1.82) is 0 Å². The number of anilines is 1. The SMILES string of the molecule is CC(C)Oc1ccc(CNCC(=O)Nc2cccc(OCc3ccccc3)c2)cc1. The van der Waals surface area contributed by atoms with Gasteiger partial charge in [0, 0.05) is 18.3 Å². The Morgan fingerprint density at radius 2 is 1.63 bits per heavy atom. The van der Waals surface area contributed by atoms with Crippen molar-refractivity contribution in [2.45, 2.75) is 33.1 Å². The normalized spacial score (nSPS) is 10.6. The van der Waals surface area contributed by atoms with Crippen LogP contribution < -0.4 is 20.1 Å². The van der Waals surface area contributed by atoms with E-state index in [2.05, 4.69) is 10.6 Å². The van der Waals surface area contributed by atoms with Gasteiger partial charge in [0.2, 0.25) is 5.91 Å². The summed E-state index contributed by atoms with van der Waals surface area (Å²) in [6.07, 6.45) is 0.153. The molecule has 3 aromatic rings. The number of benzene rings is 3. The summed E-state index contributed by atoms with van der Waals surface area (Å²) in [5.74, 6) is 1.46. The van der Waals surface area contributed by atoms with E-state index in [-0.39, 0.29) is 18.6 Å². The molecule has 0 atom stereocenters. The van der Waals surface area contributed by atoms with Gasteiger partial charge in [-0.1, -0.05) is 48.5 Å². The lowest BCUT2D eigenvalue weighted by molar-refractivity contribution is -0.115. The highest BCUT2D eigenvalue weighted by Crippen LogP contribution is 2.18. The van der Waals surface area contributed by atoms with E-state index in [9.17, 15) is 4.79 Å². The van der Waals surface area contributed by atoms with Gasteiger partial charge in [-0.15, -0.1) is 0 Å². The van der Waals surface area contributed by atoms with Gasteiger partial charge < -0.3 is 20.1 Å². The van der Waals surface area contributed by atoms with Gasteiger partial charge in [-0.2, -0.15) is 0 Å². The lowest BCUT2D eigenvalue weighted by atomic mass is 10.2. The Morgan fingerprint density at radius 1 is 0.867 bits per heavy atom. The Bertz CT molecular complexity index is 925. The van der Waals surface area contributed by atoms with Crippen LogP contribution in [0, 0.1) is 0 Å². The minimum absolute atomic E-state index is 0.102. The molecular weight excluding hydrogens is 376 g/mol. The van der Waals surface area contributed by atoms with E-state index in [1.807, 2.05) is 92.7 Å². The summed E-state index contributed by atoms with van der Waals surface area (Å²) >= 11 is 0. The van der Waals surface area contributed by atoms with Crippen LogP contribution in [0.3, 0.4) is 0 Å². The highest BCUT2D eigenvalue weighted by Gasteiger charge is 2.04. The van der Waals surface area contributed by atoms with E-state index in [0.717, 1.165) is 16.9 Å². The van der Waals surface area contributed by atoms with Gasteiger partial charge in [0.25, 0.3) is 0 Å². The van der Waals surface area contributed by atoms with E-state index in [1.54, 1.807) is 0 Å². The summed E-state index contributed by atoms with van der Waals surface area (Å²) in [6.45, 7) is 5.31. The second-order valence-electron chi connectivity index (χ2n) is 7.26. The van der Waals surface area contributed by atoms with Gasteiger partial charge in [-0.25, -0.2) is 0 Å². The Balaban J connectivity index is 1.42. The first-order chi connectivity index (χ1) is 14.6. The Morgan fingerprint density at radius 3 is 2.37 bits per heavy atom. The van der Waals surface area contributed by atoms with Crippen LogP contribution in [0.5, 0.6) is 11.5 Å². The molecule has 0 aliphatic heterocycles. The first-order valence-corrected chi connectivity index (χ1v) is 10.1. The monoisotopic (exact) mass is 404 g/mol. The zero-order valence-corrected chi connectivity index (χ0v) is 17.4. The van der Waals surface area contributed by atoms with Gasteiger partial charge in [0.1, 0.15) is 18.1 Å². The smallest absolute Gasteiger partial charge is 0.238 e. The highest BCUT2D eigenvalue weighted by atomic mass is 16.5. The molecule has 1 amide bonds. The molecule has 0 saturated carbocycles. The van der Waals surface area contributed by atoms with Crippen molar-refractivity contribution >= 4 is 11.6 Å². The molecule has 0 aliphatic carbocycles. The van der Waals surface area contributed by atoms with Crippen molar-refractivity contribution in [1.82, 2.24) is 5.32 Å². The maximum Gasteiger partial charge on any atom is 0.238 e. The predicted octanol–water partition coefficient (Wildman–Crippen LogP) is 4.78. The Kier molecular flexibility index (Phi) is 7.86.